The van der Waals surface area contributed by atoms with Gasteiger partial charge in [-0.05, 0) is 26.2 Å². The van der Waals surface area contributed by atoms with E-state index < -0.39 is 0 Å². The van der Waals surface area contributed by atoms with Gasteiger partial charge in [-0.25, -0.2) is 0 Å². The highest BCUT2D eigenvalue weighted by molar-refractivity contribution is 5.81. The van der Waals surface area contributed by atoms with Gasteiger partial charge in [0.05, 0.1) is 12.1 Å². The first-order chi connectivity index (χ1) is 8.50. The van der Waals surface area contributed by atoms with Crippen LogP contribution in [0.5, 0.6) is 0 Å². The molecule has 1 amide bonds. The Bertz CT molecular complexity index is 358. The third kappa shape index (κ3) is 2.06. The van der Waals surface area contributed by atoms with E-state index in [1.54, 1.807) is 6.92 Å². The molecule has 2 N–H and O–H groups in total. The molecule has 2 aliphatic heterocycles. The molecule has 1 atom stereocenters. The molecule has 0 aliphatic carbocycles. The van der Waals surface area contributed by atoms with E-state index in [0.717, 1.165) is 38.9 Å². The molecule has 1 fully saturated rings. The van der Waals surface area contributed by atoms with Gasteiger partial charge in [-0.2, -0.15) is 0 Å². The van der Waals surface area contributed by atoms with E-state index >= 15 is 0 Å². The minimum Gasteiger partial charge on any atom is -0.370 e. The zero-order valence-corrected chi connectivity index (χ0v) is 11.6. The number of piperidine rings is 1. The zero-order chi connectivity index (χ0) is 13.3. The summed E-state index contributed by atoms with van der Waals surface area (Å²) in [6.07, 6.45) is 3.01. The maximum atomic E-state index is 11.4. The summed E-state index contributed by atoms with van der Waals surface area (Å²) >= 11 is 0. The number of rotatable bonds is 2. The SMILES string of the molecule is CCC(C)N1C(N)=NCC12CCN(C(C)=O)CC2. The maximum absolute atomic E-state index is 11.4. The minimum atomic E-state index is 0.0610. The average molecular weight is 252 g/mol. The summed E-state index contributed by atoms with van der Waals surface area (Å²) in [7, 11) is 0. The van der Waals surface area contributed by atoms with Crippen molar-refractivity contribution in [2.75, 3.05) is 19.6 Å². The van der Waals surface area contributed by atoms with Crippen LogP contribution in [0.15, 0.2) is 4.99 Å². The van der Waals surface area contributed by atoms with Crippen LogP contribution in [0.3, 0.4) is 0 Å². The number of nitrogens with two attached hydrogens (primary N) is 1. The van der Waals surface area contributed by atoms with Crippen LogP contribution in [-0.4, -0.2) is 52.9 Å². The predicted molar refractivity (Wildman–Crippen MR) is 72.3 cm³/mol. The fourth-order valence-electron chi connectivity index (χ4n) is 3.14. The van der Waals surface area contributed by atoms with Crippen LogP contribution < -0.4 is 5.73 Å². The second-order valence-corrected chi connectivity index (χ2v) is 5.53. The molecule has 0 aromatic rings. The minimum absolute atomic E-state index is 0.0610. The highest BCUT2D eigenvalue weighted by Gasteiger charge is 2.46. The Morgan fingerprint density at radius 1 is 1.50 bits per heavy atom. The Kier molecular flexibility index (Phi) is 3.50. The first kappa shape index (κ1) is 13.2. The number of carbonyl (C=O) groups excluding carboxylic acids is 1. The van der Waals surface area contributed by atoms with Crippen LogP contribution in [0.25, 0.3) is 0 Å². The number of hydrogen-bond acceptors (Lipinski definition) is 4. The zero-order valence-electron chi connectivity index (χ0n) is 11.6. The molecule has 1 saturated heterocycles. The van der Waals surface area contributed by atoms with Crippen molar-refractivity contribution >= 4 is 11.9 Å². The second-order valence-electron chi connectivity index (χ2n) is 5.53. The Morgan fingerprint density at radius 3 is 2.61 bits per heavy atom. The summed E-state index contributed by atoms with van der Waals surface area (Å²) in [5.41, 5.74) is 6.11. The largest absolute Gasteiger partial charge is 0.370 e. The van der Waals surface area contributed by atoms with E-state index in [0.29, 0.717) is 12.0 Å². The van der Waals surface area contributed by atoms with Gasteiger partial charge >= 0.3 is 0 Å². The van der Waals surface area contributed by atoms with E-state index in [-0.39, 0.29) is 11.4 Å². The predicted octanol–water partition coefficient (Wildman–Crippen LogP) is 0.796. The monoisotopic (exact) mass is 252 g/mol. The standard InChI is InChI=1S/C13H24N4O/c1-4-10(2)17-12(14)15-9-13(17)5-7-16(8-6-13)11(3)18/h10H,4-9H2,1-3H3,(H2,14,15). The van der Waals surface area contributed by atoms with Gasteiger partial charge in [0.2, 0.25) is 5.91 Å². The quantitative estimate of drug-likeness (QED) is 0.790. The number of nitrogens with zero attached hydrogens (tertiary/aromatic N) is 3. The molecule has 0 bridgehead atoms. The number of guanidine groups is 1. The van der Waals surface area contributed by atoms with Crippen molar-refractivity contribution in [3.05, 3.63) is 0 Å². The van der Waals surface area contributed by atoms with Crippen LogP contribution in [-0.2, 0) is 4.79 Å². The fourth-order valence-corrected chi connectivity index (χ4v) is 3.14. The molecule has 2 heterocycles. The fraction of sp³-hybridized carbons (Fsp3) is 0.846. The van der Waals surface area contributed by atoms with Crippen molar-refractivity contribution in [2.45, 2.75) is 51.6 Å². The number of amides is 1. The smallest absolute Gasteiger partial charge is 0.219 e. The van der Waals surface area contributed by atoms with Gasteiger partial charge in [-0.1, -0.05) is 6.92 Å². The summed E-state index contributed by atoms with van der Waals surface area (Å²) < 4.78 is 0. The van der Waals surface area contributed by atoms with E-state index in [1.807, 2.05) is 4.90 Å². The van der Waals surface area contributed by atoms with Crippen LogP contribution in [0.2, 0.25) is 0 Å². The van der Waals surface area contributed by atoms with Gasteiger partial charge in [0.25, 0.3) is 0 Å². The highest BCUT2D eigenvalue weighted by Crippen LogP contribution is 2.35. The van der Waals surface area contributed by atoms with E-state index in [2.05, 4.69) is 23.7 Å². The molecule has 5 nitrogen and oxygen atoms in total. The lowest BCUT2D eigenvalue weighted by molar-refractivity contribution is -0.131. The van der Waals surface area contributed by atoms with Crippen LogP contribution >= 0.6 is 0 Å². The molecule has 102 valence electrons. The third-order valence-electron chi connectivity index (χ3n) is 4.46. The molecular formula is C13H24N4O. The molecule has 18 heavy (non-hydrogen) atoms. The van der Waals surface area contributed by atoms with Gasteiger partial charge in [0, 0.05) is 26.1 Å². The van der Waals surface area contributed by atoms with Gasteiger partial charge < -0.3 is 15.5 Å². The number of carbonyl (C=O) groups is 1. The van der Waals surface area contributed by atoms with Crippen molar-refractivity contribution < 1.29 is 4.79 Å². The van der Waals surface area contributed by atoms with Crippen LogP contribution in [0.1, 0.15) is 40.0 Å². The summed E-state index contributed by atoms with van der Waals surface area (Å²) in [6, 6.07) is 0.417. The molecule has 2 aliphatic rings. The molecular weight excluding hydrogens is 228 g/mol. The van der Waals surface area contributed by atoms with Crippen molar-refractivity contribution in [1.82, 2.24) is 9.80 Å². The average Bonchev–Trinajstić information content (AvgIpc) is 2.66. The Labute approximate surface area is 109 Å². The summed E-state index contributed by atoms with van der Waals surface area (Å²) in [6.45, 7) is 8.45. The summed E-state index contributed by atoms with van der Waals surface area (Å²) in [5, 5.41) is 0. The van der Waals surface area contributed by atoms with Crippen LogP contribution in [0.4, 0.5) is 0 Å². The van der Waals surface area contributed by atoms with Crippen molar-refractivity contribution in [3.63, 3.8) is 0 Å². The number of aliphatic imine (C=N–C) groups is 1. The Hall–Kier alpha value is -1.26. The first-order valence-electron chi connectivity index (χ1n) is 6.85. The molecule has 2 rings (SSSR count). The highest BCUT2D eigenvalue weighted by atomic mass is 16.2. The Balaban J connectivity index is 2.11. The maximum Gasteiger partial charge on any atom is 0.219 e. The van der Waals surface area contributed by atoms with Crippen molar-refractivity contribution in [2.24, 2.45) is 10.7 Å². The van der Waals surface area contributed by atoms with E-state index in [9.17, 15) is 4.79 Å². The third-order valence-corrected chi connectivity index (χ3v) is 4.46. The normalized spacial score (nSPS) is 24.3. The molecule has 1 unspecified atom stereocenters. The Morgan fingerprint density at radius 2 is 2.11 bits per heavy atom. The first-order valence-corrected chi connectivity index (χ1v) is 6.85. The number of hydrogen-bond donors (Lipinski definition) is 1. The van der Waals surface area contributed by atoms with Gasteiger partial charge in [-0.15, -0.1) is 0 Å². The molecule has 0 aromatic carbocycles. The summed E-state index contributed by atoms with van der Waals surface area (Å²) in [4.78, 5) is 20.1. The lowest BCUT2D eigenvalue weighted by atomic mass is 9.85. The topological polar surface area (TPSA) is 61.9 Å². The second kappa shape index (κ2) is 4.78. The molecule has 5 heteroatoms. The van der Waals surface area contributed by atoms with Gasteiger partial charge in [-0.3, -0.25) is 9.79 Å². The lowest BCUT2D eigenvalue weighted by Crippen LogP contribution is -2.60. The molecule has 0 radical (unpaired) electrons. The van der Waals surface area contributed by atoms with Crippen LogP contribution in [0, 0.1) is 0 Å². The molecule has 1 spiro atoms. The molecule has 0 aromatic heterocycles. The lowest BCUT2D eigenvalue weighted by Gasteiger charge is -2.47. The van der Waals surface area contributed by atoms with Gasteiger partial charge in [0.15, 0.2) is 5.96 Å². The van der Waals surface area contributed by atoms with Crippen molar-refractivity contribution in [3.8, 4) is 0 Å². The van der Waals surface area contributed by atoms with Gasteiger partial charge in [0.1, 0.15) is 0 Å². The molecule has 0 saturated carbocycles. The number of likely N-dealkylation sites (tertiary alicyclic amines) is 1. The van der Waals surface area contributed by atoms with E-state index in [4.69, 9.17) is 5.73 Å². The van der Waals surface area contributed by atoms with E-state index in [1.165, 1.54) is 0 Å². The van der Waals surface area contributed by atoms with Crippen molar-refractivity contribution in [1.29, 1.82) is 0 Å². The summed E-state index contributed by atoms with van der Waals surface area (Å²) in [5.74, 6) is 0.854.